The summed E-state index contributed by atoms with van der Waals surface area (Å²) in [6, 6.07) is -0.0810. The van der Waals surface area contributed by atoms with Crippen LogP contribution in [-0.2, 0) is 0 Å². The molecule has 0 aromatic rings. The topological polar surface area (TPSA) is 26.0 Å². The van der Waals surface area contributed by atoms with E-state index in [1.165, 1.54) is 6.08 Å². The fourth-order valence-electron chi connectivity index (χ4n) is 0.644. The molecular weight excluding hydrogens is 105 g/mol. The lowest BCUT2D eigenvalue weighted by Gasteiger charge is -2.36. The SMILES string of the molecule is CC1(C)C(F)=C[C@H]1N. The molecular formula is C6H10FN. The predicted molar refractivity (Wildman–Crippen MR) is 30.9 cm³/mol. The van der Waals surface area contributed by atoms with Crippen LogP contribution in [0.2, 0.25) is 0 Å². The van der Waals surface area contributed by atoms with E-state index in [1.54, 1.807) is 13.8 Å². The molecule has 46 valence electrons. The first-order chi connectivity index (χ1) is 3.55. The fraction of sp³-hybridized carbons (Fsp3) is 0.667. The molecule has 8 heavy (non-hydrogen) atoms. The summed E-state index contributed by atoms with van der Waals surface area (Å²) in [4.78, 5) is 0. The van der Waals surface area contributed by atoms with Crippen molar-refractivity contribution in [2.45, 2.75) is 19.9 Å². The van der Waals surface area contributed by atoms with Gasteiger partial charge in [0.25, 0.3) is 0 Å². The third kappa shape index (κ3) is 0.494. The molecule has 0 spiro atoms. The van der Waals surface area contributed by atoms with Gasteiger partial charge in [-0.15, -0.1) is 0 Å². The van der Waals surface area contributed by atoms with Crippen molar-refractivity contribution in [3.63, 3.8) is 0 Å². The normalized spacial score (nSPS) is 33.5. The summed E-state index contributed by atoms with van der Waals surface area (Å²) in [6.07, 6.45) is 1.44. The number of nitrogens with two attached hydrogens (primary N) is 1. The highest BCUT2D eigenvalue weighted by molar-refractivity contribution is 5.24. The van der Waals surface area contributed by atoms with E-state index in [4.69, 9.17) is 5.73 Å². The second kappa shape index (κ2) is 1.32. The molecule has 0 heterocycles. The minimum absolute atomic E-state index is 0.0787. The molecule has 0 fully saturated rings. The van der Waals surface area contributed by atoms with Crippen molar-refractivity contribution in [2.75, 3.05) is 0 Å². The largest absolute Gasteiger partial charge is 0.324 e. The maximum atomic E-state index is 12.3. The van der Waals surface area contributed by atoms with Crippen LogP contribution in [0.1, 0.15) is 13.8 Å². The summed E-state index contributed by atoms with van der Waals surface area (Å²) < 4.78 is 12.3. The van der Waals surface area contributed by atoms with Crippen LogP contribution in [0.5, 0.6) is 0 Å². The molecule has 1 aliphatic carbocycles. The van der Waals surface area contributed by atoms with Crippen LogP contribution >= 0.6 is 0 Å². The fourth-order valence-corrected chi connectivity index (χ4v) is 0.644. The number of rotatable bonds is 0. The van der Waals surface area contributed by atoms with E-state index in [2.05, 4.69) is 0 Å². The van der Waals surface area contributed by atoms with E-state index in [0.717, 1.165) is 0 Å². The lowest BCUT2D eigenvalue weighted by Crippen LogP contribution is -2.43. The summed E-state index contributed by atoms with van der Waals surface area (Å²) in [5.74, 6) is -0.0787. The third-order valence-corrected chi connectivity index (χ3v) is 1.77. The molecule has 0 amide bonds. The van der Waals surface area contributed by atoms with Crippen molar-refractivity contribution in [2.24, 2.45) is 11.1 Å². The Hall–Kier alpha value is -0.370. The zero-order valence-corrected chi connectivity index (χ0v) is 5.11. The molecule has 0 aliphatic heterocycles. The molecule has 0 saturated heterocycles. The van der Waals surface area contributed by atoms with Gasteiger partial charge in [-0.25, -0.2) is 4.39 Å². The Labute approximate surface area is 48.4 Å². The quantitative estimate of drug-likeness (QED) is 0.504. The Balaban J connectivity index is 2.77. The van der Waals surface area contributed by atoms with Gasteiger partial charge in [0, 0.05) is 11.5 Å². The van der Waals surface area contributed by atoms with E-state index in [-0.39, 0.29) is 17.3 Å². The van der Waals surface area contributed by atoms with Crippen LogP contribution < -0.4 is 5.73 Å². The second-order valence-electron chi connectivity index (χ2n) is 2.76. The number of hydrogen-bond acceptors (Lipinski definition) is 1. The van der Waals surface area contributed by atoms with Crippen LogP contribution in [0.25, 0.3) is 0 Å². The first kappa shape index (κ1) is 5.76. The van der Waals surface area contributed by atoms with Crippen LogP contribution in [0.4, 0.5) is 4.39 Å². The van der Waals surface area contributed by atoms with Gasteiger partial charge in [-0.3, -0.25) is 0 Å². The van der Waals surface area contributed by atoms with Gasteiger partial charge in [-0.05, 0) is 6.08 Å². The summed E-state index contributed by atoms with van der Waals surface area (Å²) in [7, 11) is 0. The van der Waals surface area contributed by atoms with Gasteiger partial charge in [0.1, 0.15) is 5.83 Å². The summed E-state index contributed by atoms with van der Waals surface area (Å²) in [6.45, 7) is 3.60. The van der Waals surface area contributed by atoms with Crippen molar-refractivity contribution in [1.29, 1.82) is 0 Å². The van der Waals surface area contributed by atoms with E-state index >= 15 is 0 Å². The molecule has 0 radical (unpaired) electrons. The zero-order valence-electron chi connectivity index (χ0n) is 5.11. The Bertz CT molecular complexity index is 137. The molecule has 1 rings (SSSR count). The first-order valence-corrected chi connectivity index (χ1v) is 2.68. The van der Waals surface area contributed by atoms with Gasteiger partial charge < -0.3 is 5.73 Å². The zero-order chi connectivity index (χ0) is 6.36. The van der Waals surface area contributed by atoms with Gasteiger partial charge in [0.2, 0.25) is 0 Å². The van der Waals surface area contributed by atoms with Crippen LogP contribution in [0.15, 0.2) is 11.9 Å². The van der Waals surface area contributed by atoms with E-state index in [9.17, 15) is 4.39 Å². The number of hydrogen-bond donors (Lipinski definition) is 1. The molecule has 1 atom stereocenters. The standard InChI is InChI=1S/C6H10FN/c1-6(2)4(7)3-5(6)8/h3,5H,8H2,1-2H3/t5-/m1/s1. The van der Waals surface area contributed by atoms with Crippen molar-refractivity contribution in [3.05, 3.63) is 11.9 Å². The van der Waals surface area contributed by atoms with Crippen LogP contribution in [0.3, 0.4) is 0 Å². The van der Waals surface area contributed by atoms with Gasteiger partial charge in [-0.1, -0.05) is 13.8 Å². The first-order valence-electron chi connectivity index (χ1n) is 2.68. The Morgan fingerprint density at radius 1 is 1.75 bits per heavy atom. The van der Waals surface area contributed by atoms with Gasteiger partial charge in [0.05, 0.1) is 0 Å². The number of halogens is 1. The summed E-state index contributed by atoms with van der Waals surface area (Å²) in [5.41, 5.74) is 5.04. The average molecular weight is 115 g/mol. The molecule has 0 aromatic heterocycles. The van der Waals surface area contributed by atoms with Gasteiger partial charge in [0.15, 0.2) is 0 Å². The van der Waals surface area contributed by atoms with E-state index in [1.807, 2.05) is 0 Å². The summed E-state index contributed by atoms with van der Waals surface area (Å²) in [5, 5.41) is 0. The Kier molecular flexibility index (Phi) is 0.949. The van der Waals surface area contributed by atoms with Gasteiger partial charge in [-0.2, -0.15) is 0 Å². The summed E-state index contributed by atoms with van der Waals surface area (Å²) >= 11 is 0. The molecule has 0 aromatic carbocycles. The van der Waals surface area contributed by atoms with Crippen molar-refractivity contribution >= 4 is 0 Å². The Morgan fingerprint density at radius 3 is 2.25 bits per heavy atom. The highest BCUT2D eigenvalue weighted by Crippen LogP contribution is 2.39. The third-order valence-electron chi connectivity index (χ3n) is 1.77. The maximum absolute atomic E-state index is 12.3. The molecule has 1 nitrogen and oxygen atoms in total. The molecule has 2 heteroatoms. The molecule has 1 aliphatic rings. The minimum Gasteiger partial charge on any atom is -0.324 e. The second-order valence-corrected chi connectivity index (χ2v) is 2.76. The highest BCUT2D eigenvalue weighted by Gasteiger charge is 2.38. The van der Waals surface area contributed by atoms with E-state index in [0.29, 0.717) is 0 Å². The molecule has 0 saturated carbocycles. The average Bonchev–Trinajstić information content (AvgIpc) is 1.68. The smallest absolute Gasteiger partial charge is 0.105 e. The van der Waals surface area contributed by atoms with Crippen molar-refractivity contribution in [1.82, 2.24) is 0 Å². The minimum atomic E-state index is -0.389. The molecule has 0 unspecified atom stereocenters. The molecule has 2 N–H and O–H groups in total. The monoisotopic (exact) mass is 115 g/mol. The van der Waals surface area contributed by atoms with Gasteiger partial charge >= 0.3 is 0 Å². The maximum Gasteiger partial charge on any atom is 0.105 e. The van der Waals surface area contributed by atoms with Crippen molar-refractivity contribution in [3.8, 4) is 0 Å². The van der Waals surface area contributed by atoms with Crippen LogP contribution in [0, 0.1) is 5.41 Å². The van der Waals surface area contributed by atoms with E-state index < -0.39 is 0 Å². The Morgan fingerprint density at radius 2 is 2.25 bits per heavy atom. The lowest BCUT2D eigenvalue weighted by atomic mass is 9.74. The van der Waals surface area contributed by atoms with Crippen molar-refractivity contribution < 1.29 is 4.39 Å². The lowest BCUT2D eigenvalue weighted by molar-refractivity contribution is 0.263. The predicted octanol–water partition coefficient (Wildman–Crippen LogP) is 1.21. The van der Waals surface area contributed by atoms with Crippen LogP contribution in [-0.4, -0.2) is 6.04 Å². The molecule has 0 bridgehead atoms. The highest BCUT2D eigenvalue weighted by atomic mass is 19.1.